The van der Waals surface area contributed by atoms with E-state index < -0.39 is 0 Å². The molecule has 3 rings (SSSR count). The zero-order valence-electron chi connectivity index (χ0n) is 11.1. The molecular weight excluding hydrogens is 252 g/mol. The smallest absolute Gasteiger partial charge is 0.251 e. The maximum Gasteiger partial charge on any atom is 0.251 e. The molecule has 0 aliphatic rings. The Morgan fingerprint density at radius 2 is 1.90 bits per heavy atom. The summed E-state index contributed by atoms with van der Waals surface area (Å²) in [5.74, 6) is 0.374. The molecule has 2 aromatic carbocycles. The van der Waals surface area contributed by atoms with E-state index in [-0.39, 0.29) is 12.5 Å². The van der Waals surface area contributed by atoms with Gasteiger partial charge in [0.25, 0.3) is 5.91 Å². The topological polar surface area (TPSA) is 55.1 Å². The van der Waals surface area contributed by atoms with Gasteiger partial charge in [0.05, 0.1) is 6.54 Å². The van der Waals surface area contributed by atoms with Crippen molar-refractivity contribution >= 4 is 17.0 Å². The highest BCUT2D eigenvalue weighted by Crippen LogP contribution is 2.14. The number of para-hydroxylation sites is 2. The largest absolute Gasteiger partial charge is 0.439 e. The van der Waals surface area contributed by atoms with Crippen LogP contribution in [0.15, 0.2) is 52.9 Å². The summed E-state index contributed by atoms with van der Waals surface area (Å²) in [6.45, 7) is 2.27. The lowest BCUT2D eigenvalue weighted by Crippen LogP contribution is -2.22. The first-order valence-corrected chi connectivity index (χ1v) is 6.42. The molecule has 0 atom stereocenters. The Balaban J connectivity index is 1.69. The van der Waals surface area contributed by atoms with Gasteiger partial charge >= 0.3 is 0 Å². The van der Waals surface area contributed by atoms with E-state index in [0.717, 1.165) is 16.7 Å². The van der Waals surface area contributed by atoms with Crippen LogP contribution in [-0.2, 0) is 6.54 Å². The van der Waals surface area contributed by atoms with Crippen LogP contribution in [-0.4, -0.2) is 10.9 Å². The highest BCUT2D eigenvalue weighted by Gasteiger charge is 2.08. The van der Waals surface area contributed by atoms with Gasteiger partial charge in [-0.3, -0.25) is 4.79 Å². The van der Waals surface area contributed by atoms with Gasteiger partial charge in [0.1, 0.15) is 5.52 Å². The number of rotatable bonds is 3. The first kappa shape index (κ1) is 12.4. The number of nitrogens with zero attached hydrogens (tertiary/aromatic N) is 1. The molecule has 3 aromatic rings. The van der Waals surface area contributed by atoms with E-state index in [4.69, 9.17) is 4.42 Å². The molecule has 0 aliphatic heterocycles. The van der Waals surface area contributed by atoms with E-state index in [1.807, 2.05) is 43.3 Å². The number of aromatic nitrogens is 1. The van der Waals surface area contributed by atoms with Crippen LogP contribution in [0, 0.1) is 6.92 Å². The van der Waals surface area contributed by atoms with Crippen LogP contribution in [0.2, 0.25) is 0 Å². The third kappa shape index (κ3) is 2.54. The van der Waals surface area contributed by atoms with Gasteiger partial charge in [-0.05, 0) is 31.2 Å². The van der Waals surface area contributed by atoms with Crippen LogP contribution >= 0.6 is 0 Å². The minimum atomic E-state index is -0.132. The molecule has 0 saturated heterocycles. The second-order valence-corrected chi connectivity index (χ2v) is 4.62. The van der Waals surface area contributed by atoms with Crippen molar-refractivity contribution in [3.8, 4) is 0 Å². The summed E-state index contributed by atoms with van der Waals surface area (Å²) in [6, 6.07) is 15.0. The van der Waals surface area contributed by atoms with Crippen LogP contribution in [0.4, 0.5) is 0 Å². The van der Waals surface area contributed by atoms with Crippen LogP contribution in [0.3, 0.4) is 0 Å². The van der Waals surface area contributed by atoms with Crippen molar-refractivity contribution in [3.63, 3.8) is 0 Å². The predicted molar refractivity (Wildman–Crippen MR) is 76.4 cm³/mol. The summed E-state index contributed by atoms with van der Waals surface area (Å²) < 4.78 is 5.55. The second-order valence-electron chi connectivity index (χ2n) is 4.62. The predicted octanol–water partition coefficient (Wildman–Crippen LogP) is 3.07. The number of carbonyl (C=O) groups is 1. The number of oxazole rings is 1. The number of benzene rings is 2. The molecule has 1 heterocycles. The van der Waals surface area contributed by atoms with Gasteiger partial charge in [-0.1, -0.05) is 29.8 Å². The molecule has 1 aromatic heterocycles. The standard InChI is InChI=1S/C16H14N2O2/c1-11-6-8-12(9-7-11)16(19)17-10-15-18-13-4-2-3-5-14(13)20-15/h2-9H,10H2,1H3,(H,17,19). The van der Waals surface area contributed by atoms with Crippen molar-refractivity contribution in [3.05, 3.63) is 65.5 Å². The molecule has 0 fully saturated rings. The summed E-state index contributed by atoms with van der Waals surface area (Å²) >= 11 is 0. The number of aryl methyl sites for hydroxylation is 1. The van der Waals surface area contributed by atoms with Gasteiger partial charge in [0, 0.05) is 5.56 Å². The third-order valence-corrected chi connectivity index (χ3v) is 3.05. The highest BCUT2D eigenvalue weighted by atomic mass is 16.3. The molecule has 0 aliphatic carbocycles. The zero-order valence-corrected chi connectivity index (χ0v) is 11.1. The average molecular weight is 266 g/mol. The van der Waals surface area contributed by atoms with Gasteiger partial charge in [-0.25, -0.2) is 4.98 Å². The van der Waals surface area contributed by atoms with Crippen molar-refractivity contribution < 1.29 is 9.21 Å². The first-order chi connectivity index (χ1) is 9.72. The lowest BCUT2D eigenvalue weighted by molar-refractivity contribution is 0.0947. The van der Waals surface area contributed by atoms with Crippen molar-refractivity contribution in [2.75, 3.05) is 0 Å². The Morgan fingerprint density at radius 1 is 1.15 bits per heavy atom. The Morgan fingerprint density at radius 3 is 2.65 bits per heavy atom. The fourth-order valence-electron chi connectivity index (χ4n) is 1.96. The number of hydrogen-bond acceptors (Lipinski definition) is 3. The Labute approximate surface area is 116 Å². The molecule has 20 heavy (non-hydrogen) atoms. The van der Waals surface area contributed by atoms with Crippen molar-refractivity contribution in [2.24, 2.45) is 0 Å². The highest BCUT2D eigenvalue weighted by molar-refractivity contribution is 5.94. The van der Waals surface area contributed by atoms with Crippen LogP contribution < -0.4 is 5.32 Å². The summed E-state index contributed by atoms with van der Waals surface area (Å²) in [4.78, 5) is 16.3. The van der Waals surface area contributed by atoms with Crippen molar-refractivity contribution in [1.82, 2.24) is 10.3 Å². The summed E-state index contributed by atoms with van der Waals surface area (Å²) in [6.07, 6.45) is 0. The molecule has 0 unspecified atom stereocenters. The second kappa shape index (κ2) is 5.17. The van der Waals surface area contributed by atoms with Gasteiger partial charge < -0.3 is 9.73 Å². The van der Waals surface area contributed by atoms with Crippen LogP contribution in [0.25, 0.3) is 11.1 Å². The summed E-state index contributed by atoms with van der Waals surface area (Å²) in [5, 5.41) is 2.80. The Bertz CT molecular complexity index is 712. The lowest BCUT2D eigenvalue weighted by Gasteiger charge is -2.02. The molecular formula is C16H14N2O2. The zero-order chi connectivity index (χ0) is 13.9. The fraction of sp³-hybridized carbons (Fsp3) is 0.125. The number of fused-ring (bicyclic) bond motifs is 1. The third-order valence-electron chi connectivity index (χ3n) is 3.05. The Kier molecular flexibility index (Phi) is 3.21. The SMILES string of the molecule is Cc1ccc(C(=O)NCc2nc3ccccc3o2)cc1. The van der Waals surface area contributed by atoms with Crippen LogP contribution in [0.5, 0.6) is 0 Å². The average Bonchev–Trinajstić information content (AvgIpc) is 2.88. The van der Waals surface area contributed by atoms with Crippen molar-refractivity contribution in [2.45, 2.75) is 13.5 Å². The quantitative estimate of drug-likeness (QED) is 0.792. The molecule has 0 bridgehead atoms. The van der Waals surface area contributed by atoms with Gasteiger partial charge in [0.15, 0.2) is 5.58 Å². The maximum atomic E-state index is 12.0. The van der Waals surface area contributed by atoms with E-state index in [1.165, 1.54) is 0 Å². The normalized spacial score (nSPS) is 10.7. The lowest BCUT2D eigenvalue weighted by atomic mass is 10.1. The van der Waals surface area contributed by atoms with Gasteiger partial charge in [0.2, 0.25) is 5.89 Å². The first-order valence-electron chi connectivity index (χ1n) is 6.42. The molecule has 4 nitrogen and oxygen atoms in total. The summed E-state index contributed by atoms with van der Waals surface area (Å²) in [7, 11) is 0. The molecule has 1 amide bonds. The van der Waals surface area contributed by atoms with E-state index in [2.05, 4.69) is 10.3 Å². The van der Waals surface area contributed by atoms with Crippen molar-refractivity contribution in [1.29, 1.82) is 0 Å². The number of hydrogen-bond donors (Lipinski definition) is 1. The fourth-order valence-corrected chi connectivity index (χ4v) is 1.96. The monoisotopic (exact) mass is 266 g/mol. The van der Waals surface area contributed by atoms with E-state index in [9.17, 15) is 4.79 Å². The van der Waals surface area contributed by atoms with Gasteiger partial charge in [-0.2, -0.15) is 0 Å². The minimum Gasteiger partial charge on any atom is -0.439 e. The molecule has 4 heteroatoms. The molecule has 0 saturated carbocycles. The molecule has 0 radical (unpaired) electrons. The van der Waals surface area contributed by atoms with E-state index in [0.29, 0.717) is 11.5 Å². The van der Waals surface area contributed by atoms with Crippen LogP contribution in [0.1, 0.15) is 21.8 Å². The number of carbonyl (C=O) groups excluding carboxylic acids is 1. The number of nitrogens with one attached hydrogen (secondary N) is 1. The van der Waals surface area contributed by atoms with E-state index in [1.54, 1.807) is 12.1 Å². The maximum absolute atomic E-state index is 12.0. The van der Waals surface area contributed by atoms with E-state index >= 15 is 0 Å². The van der Waals surface area contributed by atoms with Gasteiger partial charge in [-0.15, -0.1) is 0 Å². The minimum absolute atomic E-state index is 0.132. The number of amides is 1. The summed E-state index contributed by atoms with van der Waals surface area (Å²) in [5.41, 5.74) is 3.28. The Hall–Kier alpha value is -2.62. The molecule has 0 spiro atoms. The molecule has 100 valence electrons. The molecule has 1 N–H and O–H groups in total.